The van der Waals surface area contributed by atoms with Crippen LogP contribution in [-0.4, -0.2) is 0 Å². The number of benzene rings is 8. The van der Waals surface area contributed by atoms with Gasteiger partial charge < -0.3 is 4.42 Å². The zero-order valence-electron chi connectivity index (χ0n) is 42.1. The summed E-state index contributed by atoms with van der Waals surface area (Å²) in [5.41, 5.74) is -1.36. The number of hydrogen-bond donors (Lipinski definition) is 0. The van der Waals surface area contributed by atoms with E-state index in [9.17, 15) is 8.22 Å². The average Bonchev–Trinajstić information content (AvgIpc) is 3.69. The fourth-order valence-electron chi connectivity index (χ4n) is 5.80. The summed E-state index contributed by atoms with van der Waals surface area (Å²) in [6.45, 7) is 0. The molecule has 9 rings (SSSR count). The Bertz CT molecular complexity index is 3490. The molecule has 0 spiro atoms. The van der Waals surface area contributed by atoms with Crippen molar-refractivity contribution < 1.29 is 30.5 Å². The van der Waals surface area contributed by atoms with Crippen LogP contribution >= 0.6 is 0 Å². The van der Waals surface area contributed by atoms with E-state index < -0.39 is 115 Å². The third kappa shape index (κ3) is 4.17. The second-order valence-electron chi connectivity index (χ2n) is 10.2. The van der Waals surface area contributed by atoms with Crippen molar-refractivity contribution in [3.63, 3.8) is 0 Å². The van der Waals surface area contributed by atoms with Crippen LogP contribution in [0, 0.1) is 0 Å². The Morgan fingerprint density at radius 1 is 0.400 bits per heavy atom. The number of rotatable bonds is 4. The van der Waals surface area contributed by atoms with E-state index >= 15 is 0 Å². The molecule has 45 heavy (non-hydrogen) atoms. The third-order valence-electron chi connectivity index (χ3n) is 7.70. The lowest BCUT2D eigenvalue weighted by atomic mass is 9.83. The van der Waals surface area contributed by atoms with E-state index in [2.05, 4.69) is 0 Å². The van der Waals surface area contributed by atoms with Gasteiger partial charge in [-0.05, 0) is 90.2 Å². The summed E-state index contributed by atoms with van der Waals surface area (Å²) in [6.07, 6.45) is 0. The van der Waals surface area contributed by atoms with Crippen LogP contribution in [0.15, 0.2) is 174 Å². The van der Waals surface area contributed by atoms with Crippen molar-refractivity contribution in [3.05, 3.63) is 169 Å². The van der Waals surface area contributed by atoms with Crippen molar-refractivity contribution in [1.29, 1.82) is 0 Å². The first-order valence-corrected chi connectivity index (χ1v) is 13.9. The van der Waals surface area contributed by atoms with Gasteiger partial charge in [-0.25, -0.2) is 0 Å². The molecule has 0 aliphatic carbocycles. The Balaban J connectivity index is 1.61. The lowest BCUT2D eigenvalue weighted by Crippen LogP contribution is -1.92. The zero-order chi connectivity index (χ0) is 46.3. The third-order valence-corrected chi connectivity index (χ3v) is 7.70. The van der Waals surface area contributed by atoms with Crippen molar-refractivity contribution >= 4 is 43.5 Å². The Hall–Kier alpha value is -5.92. The van der Waals surface area contributed by atoms with Gasteiger partial charge in [-0.1, -0.05) is 145 Å². The number of furan rings is 1. The molecule has 0 saturated carbocycles. The first kappa shape index (κ1) is 13.0. The highest BCUT2D eigenvalue weighted by Crippen LogP contribution is 2.48. The molecule has 0 N–H and O–H groups in total. The van der Waals surface area contributed by atoms with Crippen LogP contribution in [0.4, 0.5) is 0 Å². The highest BCUT2D eigenvalue weighted by Gasteiger charge is 2.21. The first-order chi connectivity index (χ1) is 30.2. The maximum atomic E-state index is 9.98. The molecule has 0 amide bonds. The van der Waals surface area contributed by atoms with Crippen LogP contribution < -0.4 is 0 Å². The minimum atomic E-state index is -0.764. The average molecular weight is 592 g/mol. The van der Waals surface area contributed by atoms with E-state index in [1.54, 1.807) is 30.3 Å². The fraction of sp³-hybridized carbons (Fsp3) is 0. The van der Waals surface area contributed by atoms with Crippen LogP contribution in [0.2, 0.25) is 0 Å². The van der Waals surface area contributed by atoms with E-state index in [0.29, 0.717) is 5.56 Å². The molecule has 0 aliphatic heterocycles. The molecule has 1 nitrogen and oxygen atoms in total. The van der Waals surface area contributed by atoms with Crippen LogP contribution in [-0.2, 0) is 0 Å². The monoisotopic (exact) mass is 591 g/mol. The van der Waals surface area contributed by atoms with Gasteiger partial charge in [-0.2, -0.15) is 0 Å². The fourth-order valence-corrected chi connectivity index (χ4v) is 5.80. The van der Waals surface area contributed by atoms with Gasteiger partial charge in [0.15, 0.2) is 0 Å². The lowest BCUT2D eigenvalue weighted by Gasteiger charge is -2.19. The highest BCUT2D eigenvalue weighted by molar-refractivity contribution is 6.26. The molecule has 210 valence electrons. The Morgan fingerprint density at radius 3 is 1.69 bits per heavy atom. The van der Waals surface area contributed by atoms with Crippen molar-refractivity contribution in [1.82, 2.24) is 0 Å². The lowest BCUT2D eigenvalue weighted by molar-refractivity contribution is 0.669. The summed E-state index contributed by atoms with van der Waals surface area (Å²) in [7, 11) is 0. The van der Waals surface area contributed by atoms with Gasteiger partial charge in [0.25, 0.3) is 0 Å². The molecule has 9 aromatic rings. The molecule has 1 heteroatoms. The van der Waals surface area contributed by atoms with Crippen LogP contribution in [0.25, 0.3) is 88.0 Å². The standard InChI is InChI=1S/C44H28O/c1-3-14-29(15-4-1)31-18-13-19-32(26-31)42-34-20-7-9-22-36(34)43(37-23-10-8-21-35(37)42)39-27-33(30-16-5-2-6-17-30)28-41-44(39)38-24-11-12-25-40(38)45-41/h1-28H/i1D,3D,4D,7D,8D,9D,10D,11D,12D,14D,15D,20D,21D,22D,23D,24D,25D,27D,28D. The molecule has 1 aromatic heterocycles. The molecule has 0 aliphatic rings. The molecule has 0 atom stereocenters. The minimum absolute atomic E-state index is 0.0616. The minimum Gasteiger partial charge on any atom is -0.456 e. The van der Waals surface area contributed by atoms with E-state index in [1.807, 2.05) is 0 Å². The van der Waals surface area contributed by atoms with Gasteiger partial charge in [0.05, 0.1) is 26.0 Å². The summed E-state index contributed by atoms with van der Waals surface area (Å²) in [4.78, 5) is 0. The second kappa shape index (κ2) is 10.4. The SMILES string of the molecule is [2H]c1c([2H])c([2H])c(-c2cccc(-c3c4c([2H])c([2H])c([2H])c([2H])c4c(-c4c([2H])c(-c5ccccc5)c([2H])c5oc6c([2H])c([2H])c([2H])c([2H])c6c45)c4c([2H])c([2H])c([2H])c([2H])c34)c2)c([2H])c1[2H]. The second-order valence-corrected chi connectivity index (χ2v) is 10.2. The van der Waals surface area contributed by atoms with Crippen molar-refractivity contribution in [3.8, 4) is 44.5 Å². The first-order valence-electron chi connectivity index (χ1n) is 23.4. The maximum absolute atomic E-state index is 9.98. The number of para-hydroxylation sites is 1. The predicted molar refractivity (Wildman–Crippen MR) is 190 cm³/mol. The molecular weight excluding hydrogens is 544 g/mol. The van der Waals surface area contributed by atoms with Gasteiger partial charge in [0, 0.05) is 10.8 Å². The largest absolute Gasteiger partial charge is 0.456 e. The van der Waals surface area contributed by atoms with Gasteiger partial charge in [0.1, 0.15) is 11.2 Å². The van der Waals surface area contributed by atoms with E-state index in [-0.39, 0.29) is 82.4 Å². The maximum Gasteiger partial charge on any atom is 0.136 e. The summed E-state index contributed by atoms with van der Waals surface area (Å²) < 4.78 is 176. The van der Waals surface area contributed by atoms with Crippen molar-refractivity contribution in [2.24, 2.45) is 0 Å². The molecule has 0 radical (unpaired) electrons. The smallest absolute Gasteiger partial charge is 0.136 e. The summed E-state index contributed by atoms with van der Waals surface area (Å²) in [6, 6.07) is 1.78. The Kier molecular flexibility index (Phi) is 2.99. The molecule has 0 unspecified atom stereocenters. The quantitative estimate of drug-likeness (QED) is 0.186. The highest BCUT2D eigenvalue weighted by atomic mass is 16.3. The van der Waals surface area contributed by atoms with Gasteiger partial charge in [-0.15, -0.1) is 0 Å². The number of hydrogen-bond acceptors (Lipinski definition) is 1. The van der Waals surface area contributed by atoms with Gasteiger partial charge in [0.2, 0.25) is 0 Å². The molecule has 0 bridgehead atoms. The predicted octanol–water partition coefficient (Wildman–Crippen LogP) is 12.6. The van der Waals surface area contributed by atoms with Gasteiger partial charge in [-0.3, -0.25) is 0 Å². The van der Waals surface area contributed by atoms with E-state index in [1.165, 1.54) is 24.3 Å². The van der Waals surface area contributed by atoms with Crippen LogP contribution in [0.1, 0.15) is 26.0 Å². The van der Waals surface area contributed by atoms with Crippen LogP contribution in [0.3, 0.4) is 0 Å². The van der Waals surface area contributed by atoms with E-state index in [0.717, 1.165) is 0 Å². The van der Waals surface area contributed by atoms with Crippen molar-refractivity contribution in [2.75, 3.05) is 0 Å². The zero-order valence-corrected chi connectivity index (χ0v) is 23.1. The van der Waals surface area contributed by atoms with Crippen LogP contribution in [0.5, 0.6) is 0 Å². The van der Waals surface area contributed by atoms with E-state index in [4.69, 9.17) is 22.2 Å². The van der Waals surface area contributed by atoms with Crippen molar-refractivity contribution in [2.45, 2.75) is 0 Å². The molecule has 1 heterocycles. The summed E-state index contributed by atoms with van der Waals surface area (Å²) in [5, 5.41) is -1.82. The normalized spacial score (nSPS) is 17.5. The Labute approximate surface area is 288 Å². The molecular formula is C44H28O. The topological polar surface area (TPSA) is 13.1 Å². The van der Waals surface area contributed by atoms with Gasteiger partial charge >= 0.3 is 0 Å². The Morgan fingerprint density at radius 2 is 0.978 bits per heavy atom. The molecule has 0 saturated heterocycles. The number of fused-ring (bicyclic) bond motifs is 5. The summed E-state index contributed by atoms with van der Waals surface area (Å²) >= 11 is 0. The molecule has 8 aromatic carbocycles. The molecule has 0 fully saturated rings. The summed E-state index contributed by atoms with van der Waals surface area (Å²) in [5.74, 6) is 0.